The van der Waals surface area contributed by atoms with Gasteiger partial charge in [-0.3, -0.25) is 9.69 Å². The number of rotatable bonds is 5. The van der Waals surface area contributed by atoms with Crippen molar-refractivity contribution < 1.29 is 19.4 Å². The Balaban J connectivity index is 2.16. The second-order valence-corrected chi connectivity index (χ2v) is 4.64. The van der Waals surface area contributed by atoms with Gasteiger partial charge in [0, 0.05) is 25.8 Å². The minimum atomic E-state index is -1.08. The first-order valence-electron chi connectivity index (χ1n) is 6.75. The maximum atomic E-state index is 12.0. The number of morpholine rings is 1. The first kappa shape index (κ1) is 15.3. The van der Waals surface area contributed by atoms with E-state index in [0.717, 1.165) is 0 Å². The summed E-state index contributed by atoms with van der Waals surface area (Å²) >= 11 is 0. The quantitative estimate of drug-likeness (QED) is 0.755. The van der Waals surface area contributed by atoms with Crippen molar-refractivity contribution >= 4 is 11.9 Å². The topological polar surface area (TPSA) is 105 Å². The van der Waals surface area contributed by atoms with Crippen LogP contribution in [0, 0.1) is 0 Å². The van der Waals surface area contributed by atoms with E-state index in [1.807, 2.05) is 11.8 Å². The largest absolute Gasteiger partial charge is 0.478 e. The van der Waals surface area contributed by atoms with Crippen molar-refractivity contribution in [1.29, 1.82) is 0 Å². The minimum absolute atomic E-state index is 0.0543. The molecule has 21 heavy (non-hydrogen) atoms. The Bertz CT molecular complexity index is 523. The molecule has 0 saturated carbocycles. The number of carbonyl (C=O) groups excluding carboxylic acids is 1. The first-order valence-corrected chi connectivity index (χ1v) is 6.75. The summed E-state index contributed by atoms with van der Waals surface area (Å²) in [7, 11) is 0. The summed E-state index contributed by atoms with van der Waals surface area (Å²) in [6.45, 7) is 4.00. The van der Waals surface area contributed by atoms with Crippen LogP contribution >= 0.6 is 0 Å². The van der Waals surface area contributed by atoms with Crippen LogP contribution in [-0.2, 0) is 16.1 Å². The van der Waals surface area contributed by atoms with Crippen molar-refractivity contribution in [3.8, 4) is 0 Å². The van der Waals surface area contributed by atoms with Gasteiger partial charge in [0.15, 0.2) is 0 Å². The summed E-state index contributed by atoms with van der Waals surface area (Å²) in [5, 5.41) is 11.9. The van der Waals surface area contributed by atoms with Gasteiger partial charge < -0.3 is 15.2 Å². The number of hydrogen-bond donors (Lipinski definition) is 2. The molecule has 8 nitrogen and oxygen atoms in total. The maximum absolute atomic E-state index is 12.0. The fraction of sp³-hybridized carbons (Fsp3) is 0.538. The molecule has 0 bridgehead atoms. The molecule has 1 aliphatic heterocycles. The second-order valence-electron chi connectivity index (χ2n) is 4.64. The van der Waals surface area contributed by atoms with Gasteiger partial charge in [0.05, 0.1) is 18.9 Å². The molecule has 1 aliphatic rings. The summed E-state index contributed by atoms with van der Waals surface area (Å²) in [6.07, 6.45) is 2.58. The maximum Gasteiger partial charge on any atom is 0.339 e. The number of carboxylic acids is 1. The monoisotopic (exact) mass is 294 g/mol. The molecule has 1 unspecified atom stereocenters. The van der Waals surface area contributed by atoms with Gasteiger partial charge in [0.2, 0.25) is 5.91 Å². The van der Waals surface area contributed by atoms with Crippen LogP contribution in [0.25, 0.3) is 0 Å². The summed E-state index contributed by atoms with van der Waals surface area (Å²) in [4.78, 5) is 32.8. The molecule has 8 heteroatoms. The molecule has 1 fully saturated rings. The molecule has 0 radical (unpaired) electrons. The highest BCUT2D eigenvalue weighted by atomic mass is 16.5. The third-order valence-corrected chi connectivity index (χ3v) is 3.27. The third kappa shape index (κ3) is 3.73. The standard InChI is InChI=1S/C13H18N4O4/c1-2-15-12(18)11-7-21-4-3-17(11)6-10-9(13(19)20)5-14-8-16-10/h5,8,11H,2-4,6-7H2,1H3,(H,15,18)(H,19,20). The molecule has 1 aromatic rings. The SMILES string of the molecule is CCNC(=O)C1COCCN1Cc1ncncc1C(=O)O. The zero-order valence-electron chi connectivity index (χ0n) is 11.8. The second kappa shape index (κ2) is 7.09. The number of nitrogens with one attached hydrogen (secondary N) is 1. The van der Waals surface area contributed by atoms with Crippen LogP contribution in [0.1, 0.15) is 23.0 Å². The Labute approximate surface area is 122 Å². The number of hydrogen-bond acceptors (Lipinski definition) is 6. The van der Waals surface area contributed by atoms with Crippen LogP contribution < -0.4 is 5.32 Å². The van der Waals surface area contributed by atoms with Crippen LogP contribution in [-0.4, -0.2) is 64.2 Å². The smallest absolute Gasteiger partial charge is 0.339 e. The summed E-state index contributed by atoms with van der Waals surface area (Å²) in [6, 6.07) is -0.435. The van der Waals surface area contributed by atoms with Crippen molar-refractivity contribution in [2.75, 3.05) is 26.3 Å². The molecule has 114 valence electrons. The number of amides is 1. The highest BCUT2D eigenvalue weighted by Gasteiger charge is 2.30. The van der Waals surface area contributed by atoms with Crippen molar-refractivity contribution in [2.45, 2.75) is 19.5 Å². The average molecular weight is 294 g/mol. The van der Waals surface area contributed by atoms with Gasteiger partial charge in [-0.1, -0.05) is 0 Å². The van der Waals surface area contributed by atoms with Crippen molar-refractivity contribution in [3.05, 3.63) is 23.8 Å². The van der Waals surface area contributed by atoms with Crippen LogP contribution in [0.5, 0.6) is 0 Å². The molecule has 2 heterocycles. The minimum Gasteiger partial charge on any atom is -0.478 e. The highest BCUT2D eigenvalue weighted by Crippen LogP contribution is 2.14. The number of likely N-dealkylation sites (N-methyl/N-ethyl adjacent to an activating group) is 1. The number of aromatic carboxylic acids is 1. The molecule has 0 aromatic carbocycles. The Morgan fingerprint density at radius 1 is 1.57 bits per heavy atom. The van der Waals surface area contributed by atoms with E-state index >= 15 is 0 Å². The van der Waals surface area contributed by atoms with Crippen LogP contribution in [0.2, 0.25) is 0 Å². The van der Waals surface area contributed by atoms with E-state index in [-0.39, 0.29) is 18.0 Å². The number of carbonyl (C=O) groups is 2. The van der Waals surface area contributed by atoms with Crippen molar-refractivity contribution in [3.63, 3.8) is 0 Å². The Kier molecular flexibility index (Phi) is 5.18. The molecule has 2 rings (SSSR count). The average Bonchev–Trinajstić information content (AvgIpc) is 2.48. The van der Waals surface area contributed by atoms with E-state index in [4.69, 9.17) is 9.84 Å². The first-order chi connectivity index (χ1) is 10.1. The summed E-state index contributed by atoms with van der Waals surface area (Å²) in [5.74, 6) is -1.20. The summed E-state index contributed by atoms with van der Waals surface area (Å²) in [5.41, 5.74) is 0.451. The van der Waals surface area contributed by atoms with Crippen molar-refractivity contribution in [1.82, 2.24) is 20.2 Å². The van der Waals surface area contributed by atoms with Crippen LogP contribution in [0.3, 0.4) is 0 Å². The van der Waals surface area contributed by atoms with Gasteiger partial charge in [0.25, 0.3) is 0 Å². The van der Waals surface area contributed by atoms with E-state index in [0.29, 0.717) is 32.0 Å². The lowest BCUT2D eigenvalue weighted by molar-refractivity contribution is -0.132. The van der Waals surface area contributed by atoms with E-state index in [1.165, 1.54) is 12.5 Å². The predicted octanol–water partition coefficient (Wildman–Crippen LogP) is -0.488. The Morgan fingerprint density at radius 3 is 3.10 bits per heavy atom. The van der Waals surface area contributed by atoms with Crippen molar-refractivity contribution in [2.24, 2.45) is 0 Å². The fourth-order valence-electron chi connectivity index (χ4n) is 2.21. The number of nitrogens with zero attached hydrogens (tertiary/aromatic N) is 3. The fourth-order valence-corrected chi connectivity index (χ4v) is 2.21. The molecule has 0 aliphatic carbocycles. The molecule has 1 atom stereocenters. The molecular weight excluding hydrogens is 276 g/mol. The molecule has 1 amide bonds. The lowest BCUT2D eigenvalue weighted by Crippen LogP contribution is -2.53. The number of carboxylic acid groups (broad SMARTS) is 1. The molecular formula is C13H18N4O4. The van der Waals surface area contributed by atoms with Gasteiger partial charge in [-0.2, -0.15) is 0 Å². The van der Waals surface area contributed by atoms with Gasteiger partial charge in [-0.15, -0.1) is 0 Å². The van der Waals surface area contributed by atoms with Gasteiger partial charge in [-0.05, 0) is 6.92 Å². The van der Waals surface area contributed by atoms with E-state index in [1.54, 1.807) is 0 Å². The molecule has 1 aromatic heterocycles. The number of ether oxygens (including phenoxy) is 1. The van der Waals surface area contributed by atoms with Crippen LogP contribution in [0.4, 0.5) is 0 Å². The highest BCUT2D eigenvalue weighted by molar-refractivity contribution is 5.88. The lowest BCUT2D eigenvalue weighted by atomic mass is 10.1. The molecule has 1 saturated heterocycles. The molecule has 0 spiro atoms. The normalized spacial score (nSPS) is 19.2. The summed E-state index contributed by atoms with van der Waals surface area (Å²) < 4.78 is 5.34. The molecule has 2 N–H and O–H groups in total. The van der Waals surface area contributed by atoms with Gasteiger partial charge >= 0.3 is 5.97 Å². The predicted molar refractivity (Wildman–Crippen MR) is 72.7 cm³/mol. The zero-order chi connectivity index (χ0) is 15.2. The third-order valence-electron chi connectivity index (χ3n) is 3.27. The van der Waals surface area contributed by atoms with Gasteiger partial charge in [-0.25, -0.2) is 14.8 Å². The van der Waals surface area contributed by atoms with Gasteiger partial charge in [0.1, 0.15) is 17.9 Å². The zero-order valence-corrected chi connectivity index (χ0v) is 11.8. The van der Waals surface area contributed by atoms with Crippen LogP contribution in [0.15, 0.2) is 12.5 Å². The number of aromatic nitrogens is 2. The Hall–Kier alpha value is -2.06. The van der Waals surface area contributed by atoms with E-state index in [2.05, 4.69) is 15.3 Å². The lowest BCUT2D eigenvalue weighted by Gasteiger charge is -2.34. The van der Waals surface area contributed by atoms with E-state index in [9.17, 15) is 9.59 Å². The van der Waals surface area contributed by atoms with E-state index < -0.39 is 12.0 Å². The Morgan fingerprint density at radius 2 is 2.38 bits per heavy atom.